The Kier molecular flexibility index (Phi) is 6.43. The van der Waals surface area contributed by atoms with Gasteiger partial charge in [0.05, 0.1) is 29.9 Å². The fourth-order valence-electron chi connectivity index (χ4n) is 3.41. The van der Waals surface area contributed by atoms with Gasteiger partial charge in [-0.15, -0.1) is 0 Å². The maximum atomic E-state index is 13.5. The third-order valence-electron chi connectivity index (χ3n) is 5.64. The molecule has 4 nitrogen and oxygen atoms in total. The van der Waals surface area contributed by atoms with Gasteiger partial charge in [0.1, 0.15) is 11.2 Å². The summed E-state index contributed by atoms with van der Waals surface area (Å²) in [4.78, 5) is 17.3. The van der Waals surface area contributed by atoms with Crippen molar-refractivity contribution in [2.45, 2.75) is 45.3 Å². The molecule has 0 radical (unpaired) electrons. The molecule has 1 aromatic heterocycles. The third-order valence-corrected chi connectivity index (χ3v) is 5.97. The fraction of sp³-hybridized carbons (Fsp3) is 0.333. The zero-order chi connectivity index (χ0) is 23.8. The zero-order valence-corrected chi connectivity index (χ0v) is 19.2. The van der Waals surface area contributed by atoms with Crippen LogP contribution in [0.3, 0.4) is 0 Å². The maximum Gasteiger partial charge on any atom is 0.399 e. The molecule has 1 N–H and O–H groups in total. The molecule has 0 spiro atoms. The van der Waals surface area contributed by atoms with Crippen LogP contribution in [0.5, 0.6) is 5.75 Å². The molecule has 0 saturated heterocycles. The second kappa shape index (κ2) is 8.62. The van der Waals surface area contributed by atoms with Crippen molar-refractivity contribution < 1.29 is 22.7 Å². The van der Waals surface area contributed by atoms with Gasteiger partial charge in [-0.2, -0.15) is 13.2 Å². The van der Waals surface area contributed by atoms with Gasteiger partial charge >= 0.3 is 6.18 Å². The number of aromatic nitrogens is 1. The number of alkyl halides is 3. The number of nitrogens with zero attached hydrogens (tertiary/aromatic N) is 1. The predicted molar refractivity (Wildman–Crippen MR) is 119 cm³/mol. The Bertz CT molecular complexity index is 1180. The van der Waals surface area contributed by atoms with E-state index in [1.807, 2.05) is 13.0 Å². The molecule has 170 valence electrons. The molecule has 1 amide bonds. The molecular formula is C24H24ClF3N2O2. The summed E-state index contributed by atoms with van der Waals surface area (Å²) in [6.07, 6.45) is -4.48. The zero-order valence-electron chi connectivity index (χ0n) is 18.4. The van der Waals surface area contributed by atoms with Gasteiger partial charge in [0.15, 0.2) is 0 Å². The van der Waals surface area contributed by atoms with Crippen LogP contribution in [0.4, 0.5) is 13.2 Å². The molecule has 3 rings (SSSR count). The van der Waals surface area contributed by atoms with Crippen LogP contribution in [-0.4, -0.2) is 24.2 Å². The van der Waals surface area contributed by atoms with Crippen molar-refractivity contribution in [2.75, 3.05) is 7.11 Å². The number of benzene rings is 2. The van der Waals surface area contributed by atoms with Gasteiger partial charge in [0.2, 0.25) is 0 Å². The molecule has 2 aromatic carbocycles. The Balaban J connectivity index is 1.98. The number of aryl methyl sites for hydroxylation is 1. The number of para-hydroxylation sites is 1. The van der Waals surface area contributed by atoms with Crippen LogP contribution < -0.4 is 10.1 Å². The van der Waals surface area contributed by atoms with Crippen LogP contribution in [0.25, 0.3) is 10.9 Å². The van der Waals surface area contributed by atoms with Gasteiger partial charge < -0.3 is 10.1 Å². The molecule has 3 aromatic rings. The molecule has 0 unspecified atom stereocenters. The monoisotopic (exact) mass is 464 g/mol. The van der Waals surface area contributed by atoms with E-state index in [-0.39, 0.29) is 16.8 Å². The van der Waals surface area contributed by atoms with Crippen molar-refractivity contribution in [1.82, 2.24) is 10.3 Å². The second-order valence-corrected chi connectivity index (χ2v) is 8.64. The number of nitrogens with one attached hydrogen (secondary N) is 1. The molecular weight excluding hydrogens is 441 g/mol. The highest BCUT2D eigenvalue weighted by Crippen LogP contribution is 2.40. The lowest BCUT2D eigenvalue weighted by atomic mass is 9.87. The van der Waals surface area contributed by atoms with E-state index in [2.05, 4.69) is 10.3 Å². The average molecular weight is 465 g/mol. The molecule has 1 heterocycles. The number of amides is 1. The number of methoxy groups -OCH3 is 1. The van der Waals surface area contributed by atoms with Crippen LogP contribution in [0.2, 0.25) is 5.02 Å². The van der Waals surface area contributed by atoms with Gasteiger partial charge in [0, 0.05) is 10.4 Å². The van der Waals surface area contributed by atoms with Crippen molar-refractivity contribution >= 4 is 28.4 Å². The maximum absolute atomic E-state index is 13.5. The molecule has 0 saturated carbocycles. The third kappa shape index (κ3) is 4.39. The highest BCUT2D eigenvalue weighted by Gasteiger charge is 2.49. The fourth-order valence-corrected chi connectivity index (χ4v) is 3.73. The number of carbonyl (C=O) groups excluding carboxylic acids is 1. The first-order valence-corrected chi connectivity index (χ1v) is 10.4. The Morgan fingerprint density at radius 1 is 1.16 bits per heavy atom. The predicted octanol–water partition coefficient (Wildman–Crippen LogP) is 6.54. The SMILES string of the molecule is COc1cc(Cl)c([C@@H](C)NC(=O)c2cccc3ccc(C(C)(C)C(F)(F)F)nc23)cc1C. The first-order valence-electron chi connectivity index (χ1n) is 9.98. The normalized spacial score (nSPS) is 13.2. The van der Waals surface area contributed by atoms with Crippen molar-refractivity contribution in [1.29, 1.82) is 0 Å². The van der Waals surface area contributed by atoms with Crippen molar-refractivity contribution in [2.24, 2.45) is 0 Å². The van der Waals surface area contributed by atoms with E-state index in [9.17, 15) is 18.0 Å². The summed E-state index contributed by atoms with van der Waals surface area (Å²) in [5.74, 6) is 0.178. The highest BCUT2D eigenvalue weighted by molar-refractivity contribution is 6.31. The minimum Gasteiger partial charge on any atom is -0.496 e. The smallest absolute Gasteiger partial charge is 0.399 e. The first-order chi connectivity index (χ1) is 14.9. The first kappa shape index (κ1) is 23.9. The number of rotatable bonds is 5. The number of carbonyl (C=O) groups is 1. The van der Waals surface area contributed by atoms with Gasteiger partial charge in [0.25, 0.3) is 5.91 Å². The van der Waals surface area contributed by atoms with E-state index >= 15 is 0 Å². The molecule has 8 heteroatoms. The average Bonchev–Trinajstić information content (AvgIpc) is 2.73. The lowest BCUT2D eigenvalue weighted by Crippen LogP contribution is -2.37. The van der Waals surface area contributed by atoms with Crippen LogP contribution in [0.15, 0.2) is 42.5 Å². The Morgan fingerprint density at radius 2 is 1.84 bits per heavy atom. The molecule has 0 aliphatic heterocycles. The van der Waals surface area contributed by atoms with E-state index < -0.39 is 23.5 Å². The van der Waals surface area contributed by atoms with Gasteiger partial charge in [-0.3, -0.25) is 9.78 Å². The van der Waals surface area contributed by atoms with Crippen LogP contribution >= 0.6 is 11.6 Å². The summed E-state index contributed by atoms with van der Waals surface area (Å²) in [6, 6.07) is 10.9. The van der Waals surface area contributed by atoms with Crippen LogP contribution in [-0.2, 0) is 5.41 Å². The number of fused-ring (bicyclic) bond motifs is 1. The number of ether oxygens (including phenoxy) is 1. The lowest BCUT2D eigenvalue weighted by molar-refractivity contribution is -0.181. The quantitative estimate of drug-likeness (QED) is 0.466. The highest BCUT2D eigenvalue weighted by atomic mass is 35.5. The van der Waals surface area contributed by atoms with E-state index in [1.54, 1.807) is 44.4 Å². The summed E-state index contributed by atoms with van der Waals surface area (Å²) in [6.45, 7) is 5.79. The minimum atomic E-state index is -4.48. The minimum absolute atomic E-state index is 0.153. The number of hydrogen-bond donors (Lipinski definition) is 1. The van der Waals surface area contributed by atoms with Crippen molar-refractivity contribution in [3.63, 3.8) is 0 Å². The summed E-state index contributed by atoms with van der Waals surface area (Å²) < 4.78 is 45.8. The van der Waals surface area contributed by atoms with Gasteiger partial charge in [-0.25, -0.2) is 0 Å². The van der Waals surface area contributed by atoms with Crippen molar-refractivity contribution in [3.05, 3.63) is 69.9 Å². The Labute approximate surface area is 189 Å². The largest absolute Gasteiger partial charge is 0.496 e. The van der Waals surface area contributed by atoms with Gasteiger partial charge in [-0.1, -0.05) is 29.8 Å². The topological polar surface area (TPSA) is 51.2 Å². The molecule has 0 aliphatic carbocycles. The molecule has 32 heavy (non-hydrogen) atoms. The Morgan fingerprint density at radius 3 is 2.47 bits per heavy atom. The summed E-state index contributed by atoms with van der Waals surface area (Å²) in [5.41, 5.74) is -0.352. The summed E-state index contributed by atoms with van der Waals surface area (Å²) in [7, 11) is 1.55. The summed E-state index contributed by atoms with van der Waals surface area (Å²) >= 11 is 6.36. The molecule has 1 atom stereocenters. The molecule has 0 aliphatic rings. The standard InChI is InChI=1S/C24H24ClF3N2O2/c1-13-11-17(18(25)12-19(13)32-5)14(2)29-22(31)16-8-6-7-15-9-10-20(30-21(15)16)23(3,4)24(26,27)28/h6-12,14H,1-5H3,(H,29,31)/t14-/m1/s1. The van der Waals surface area contributed by atoms with Crippen LogP contribution in [0.1, 0.15) is 54.0 Å². The van der Waals surface area contributed by atoms with Crippen LogP contribution in [0, 0.1) is 6.92 Å². The van der Waals surface area contributed by atoms with E-state index in [4.69, 9.17) is 16.3 Å². The Hall–Kier alpha value is -2.80. The van der Waals surface area contributed by atoms with Crippen molar-refractivity contribution in [3.8, 4) is 5.75 Å². The summed E-state index contributed by atoms with van der Waals surface area (Å²) in [5, 5.41) is 3.88. The van der Waals surface area contributed by atoms with E-state index in [0.717, 1.165) is 19.4 Å². The second-order valence-electron chi connectivity index (χ2n) is 8.24. The number of hydrogen-bond acceptors (Lipinski definition) is 3. The lowest BCUT2D eigenvalue weighted by Gasteiger charge is -2.27. The number of pyridine rings is 1. The number of halogens is 4. The van der Waals surface area contributed by atoms with E-state index in [0.29, 0.717) is 21.7 Å². The molecule has 0 fully saturated rings. The van der Waals surface area contributed by atoms with Gasteiger partial charge in [-0.05, 0) is 63.1 Å². The van der Waals surface area contributed by atoms with E-state index in [1.165, 1.54) is 6.07 Å². The molecule has 0 bridgehead atoms.